The number of methoxy groups -OCH3 is 1. The first-order valence-electron chi connectivity index (χ1n) is 6.92. The Morgan fingerprint density at radius 2 is 2.38 bits per heavy atom. The van der Waals surface area contributed by atoms with Crippen LogP contribution >= 0.6 is 0 Å². The molecule has 2 rings (SSSR count). The maximum atomic E-state index is 11.2. The number of carbonyl (C=O) groups is 1. The van der Waals surface area contributed by atoms with Crippen molar-refractivity contribution in [2.24, 2.45) is 11.7 Å². The van der Waals surface area contributed by atoms with Gasteiger partial charge in [0.1, 0.15) is 12.4 Å². The first kappa shape index (κ1) is 15.4. The molecule has 0 aromatic heterocycles. The number of carbonyl (C=O) groups excluding carboxylic acids is 1. The van der Waals surface area contributed by atoms with Crippen LogP contribution in [0.5, 0.6) is 5.75 Å². The molecule has 21 heavy (non-hydrogen) atoms. The number of primary amides is 1. The molecule has 3 N–H and O–H groups in total. The molecule has 1 heterocycles. The van der Waals surface area contributed by atoms with Crippen LogP contribution < -0.4 is 10.5 Å². The van der Waals surface area contributed by atoms with Crippen LogP contribution in [0, 0.1) is 17.8 Å². The number of hydrogen-bond acceptors (Lipinski definition) is 4. The van der Waals surface area contributed by atoms with E-state index in [1.807, 2.05) is 18.2 Å². The summed E-state index contributed by atoms with van der Waals surface area (Å²) in [6.07, 6.45) is 0.822. The Kier molecular flexibility index (Phi) is 5.20. The predicted molar refractivity (Wildman–Crippen MR) is 79.5 cm³/mol. The highest BCUT2D eigenvalue weighted by Gasteiger charge is 2.26. The zero-order valence-corrected chi connectivity index (χ0v) is 12.1. The Morgan fingerprint density at radius 3 is 3.00 bits per heavy atom. The van der Waals surface area contributed by atoms with Crippen LogP contribution in [0.25, 0.3) is 0 Å². The third kappa shape index (κ3) is 3.97. The van der Waals surface area contributed by atoms with Crippen LogP contribution in [0.2, 0.25) is 0 Å². The maximum absolute atomic E-state index is 11.2. The van der Waals surface area contributed by atoms with E-state index in [4.69, 9.17) is 15.6 Å². The van der Waals surface area contributed by atoms with E-state index in [0.29, 0.717) is 12.3 Å². The Labute approximate surface area is 124 Å². The van der Waals surface area contributed by atoms with Gasteiger partial charge in [0.25, 0.3) is 0 Å². The van der Waals surface area contributed by atoms with Crippen LogP contribution in [-0.2, 0) is 11.3 Å². The van der Waals surface area contributed by atoms with Crippen LogP contribution in [0.4, 0.5) is 0 Å². The van der Waals surface area contributed by atoms with Gasteiger partial charge in [-0.3, -0.25) is 9.69 Å². The van der Waals surface area contributed by atoms with Gasteiger partial charge in [-0.25, -0.2) is 0 Å². The van der Waals surface area contributed by atoms with Crippen molar-refractivity contribution in [2.45, 2.75) is 13.0 Å². The van der Waals surface area contributed by atoms with E-state index in [2.05, 4.69) is 16.7 Å². The van der Waals surface area contributed by atoms with E-state index in [0.717, 1.165) is 30.6 Å². The molecule has 1 unspecified atom stereocenters. The van der Waals surface area contributed by atoms with Gasteiger partial charge in [-0.05, 0) is 30.7 Å². The molecule has 1 fully saturated rings. The third-order valence-corrected chi connectivity index (χ3v) is 3.65. The Bertz CT molecular complexity index is 575. The number of likely N-dealkylation sites (tertiary alicyclic amines) is 1. The summed E-state index contributed by atoms with van der Waals surface area (Å²) < 4.78 is 5.26. The Balaban J connectivity index is 2.09. The van der Waals surface area contributed by atoms with Crippen molar-refractivity contribution < 1.29 is 14.6 Å². The number of nitrogens with zero attached hydrogens (tertiary/aromatic N) is 1. The summed E-state index contributed by atoms with van der Waals surface area (Å²) in [5.74, 6) is 5.95. The van der Waals surface area contributed by atoms with Gasteiger partial charge in [0.15, 0.2) is 0 Å². The van der Waals surface area contributed by atoms with Gasteiger partial charge in [0.05, 0.1) is 18.6 Å². The number of nitrogens with two attached hydrogens (primary N) is 1. The van der Waals surface area contributed by atoms with E-state index < -0.39 is 0 Å². The number of benzene rings is 1. The van der Waals surface area contributed by atoms with Crippen LogP contribution in [0.1, 0.15) is 17.5 Å². The van der Waals surface area contributed by atoms with Crippen molar-refractivity contribution in [1.82, 2.24) is 4.90 Å². The van der Waals surface area contributed by atoms with E-state index in [1.54, 1.807) is 7.11 Å². The third-order valence-electron chi connectivity index (χ3n) is 3.65. The van der Waals surface area contributed by atoms with E-state index in [1.165, 1.54) is 0 Å². The van der Waals surface area contributed by atoms with Gasteiger partial charge in [-0.1, -0.05) is 17.9 Å². The minimum Gasteiger partial charge on any atom is -0.495 e. The lowest BCUT2D eigenvalue weighted by atomic mass is 10.1. The fraction of sp³-hybridized carbons (Fsp3) is 0.438. The van der Waals surface area contributed by atoms with Crippen molar-refractivity contribution >= 4 is 5.91 Å². The summed E-state index contributed by atoms with van der Waals surface area (Å²) >= 11 is 0. The SMILES string of the molecule is COc1ccc(CN2CCC(C(N)=O)C2)cc1C#CCO. The molecular weight excluding hydrogens is 268 g/mol. The van der Waals surface area contributed by atoms with Gasteiger partial charge < -0.3 is 15.6 Å². The van der Waals surface area contributed by atoms with E-state index in [-0.39, 0.29) is 18.4 Å². The van der Waals surface area contributed by atoms with E-state index >= 15 is 0 Å². The molecule has 0 radical (unpaired) electrons. The molecule has 5 heteroatoms. The first-order chi connectivity index (χ1) is 10.1. The molecule has 1 aliphatic heterocycles. The minimum absolute atomic E-state index is 0.0445. The second-order valence-electron chi connectivity index (χ2n) is 5.12. The highest BCUT2D eigenvalue weighted by Crippen LogP contribution is 2.22. The summed E-state index contributed by atoms with van der Waals surface area (Å²) in [4.78, 5) is 13.4. The number of aliphatic hydroxyl groups excluding tert-OH is 1. The molecule has 112 valence electrons. The monoisotopic (exact) mass is 288 g/mol. The lowest BCUT2D eigenvalue weighted by Gasteiger charge is -2.16. The molecule has 1 amide bonds. The second-order valence-corrected chi connectivity index (χ2v) is 5.12. The molecule has 0 aliphatic carbocycles. The normalized spacial score (nSPS) is 18.1. The molecule has 0 saturated carbocycles. The lowest BCUT2D eigenvalue weighted by molar-refractivity contribution is -0.121. The Morgan fingerprint density at radius 1 is 1.57 bits per heavy atom. The van der Waals surface area contributed by atoms with Crippen LogP contribution in [0.3, 0.4) is 0 Å². The molecule has 5 nitrogen and oxygen atoms in total. The number of amides is 1. The van der Waals surface area contributed by atoms with Crippen LogP contribution in [0.15, 0.2) is 18.2 Å². The molecule has 0 bridgehead atoms. The summed E-state index contributed by atoms with van der Waals surface area (Å²) in [6.45, 7) is 2.15. The number of ether oxygens (including phenoxy) is 1. The standard InChI is InChI=1S/C16H20N2O3/c1-21-15-5-4-12(9-13(15)3-2-8-19)10-18-7-6-14(11-18)16(17)20/h4-5,9,14,19H,6-8,10-11H2,1H3,(H2,17,20). The maximum Gasteiger partial charge on any atom is 0.221 e. The molecule has 1 aromatic rings. The molecule has 1 atom stereocenters. The zero-order valence-electron chi connectivity index (χ0n) is 12.1. The highest BCUT2D eigenvalue weighted by atomic mass is 16.5. The zero-order chi connectivity index (χ0) is 15.2. The molecule has 0 spiro atoms. The van der Waals surface area contributed by atoms with Crippen molar-refractivity contribution in [3.05, 3.63) is 29.3 Å². The second kappa shape index (κ2) is 7.11. The average molecular weight is 288 g/mol. The molecule has 1 aliphatic rings. The van der Waals surface area contributed by atoms with Gasteiger partial charge in [0, 0.05) is 13.1 Å². The van der Waals surface area contributed by atoms with Crippen molar-refractivity contribution in [3.63, 3.8) is 0 Å². The van der Waals surface area contributed by atoms with Crippen molar-refractivity contribution in [3.8, 4) is 17.6 Å². The first-order valence-corrected chi connectivity index (χ1v) is 6.92. The predicted octanol–water partition coefficient (Wildman–Crippen LogP) is 0.346. The summed E-state index contributed by atoms with van der Waals surface area (Å²) in [6, 6.07) is 5.82. The largest absolute Gasteiger partial charge is 0.495 e. The smallest absolute Gasteiger partial charge is 0.221 e. The number of rotatable bonds is 4. The fourth-order valence-corrected chi connectivity index (χ4v) is 2.55. The van der Waals surface area contributed by atoms with Gasteiger partial charge in [-0.2, -0.15) is 0 Å². The minimum atomic E-state index is -0.221. The van der Waals surface area contributed by atoms with Gasteiger partial charge in [0.2, 0.25) is 5.91 Å². The molecule has 1 saturated heterocycles. The van der Waals surface area contributed by atoms with Crippen molar-refractivity contribution in [2.75, 3.05) is 26.8 Å². The van der Waals surface area contributed by atoms with Crippen molar-refractivity contribution in [1.29, 1.82) is 0 Å². The summed E-state index contributed by atoms with van der Waals surface area (Å²) in [7, 11) is 1.59. The quantitative estimate of drug-likeness (QED) is 0.784. The number of hydrogen-bond donors (Lipinski definition) is 2. The van der Waals surface area contributed by atoms with Gasteiger partial charge in [-0.15, -0.1) is 0 Å². The van der Waals surface area contributed by atoms with Crippen LogP contribution in [-0.4, -0.2) is 42.7 Å². The highest BCUT2D eigenvalue weighted by molar-refractivity contribution is 5.77. The number of aliphatic hydroxyl groups is 1. The average Bonchev–Trinajstić information content (AvgIpc) is 2.94. The van der Waals surface area contributed by atoms with E-state index in [9.17, 15) is 4.79 Å². The summed E-state index contributed by atoms with van der Waals surface area (Å²) in [5.41, 5.74) is 7.21. The fourth-order valence-electron chi connectivity index (χ4n) is 2.55. The lowest BCUT2D eigenvalue weighted by Crippen LogP contribution is -2.27. The Hall–Kier alpha value is -2.03. The molecule has 1 aromatic carbocycles. The topological polar surface area (TPSA) is 75.8 Å². The van der Waals surface area contributed by atoms with Gasteiger partial charge >= 0.3 is 0 Å². The molecular formula is C16H20N2O3. The summed E-state index contributed by atoms with van der Waals surface area (Å²) in [5, 5.41) is 8.81.